The van der Waals surface area contributed by atoms with Gasteiger partial charge < -0.3 is 19.7 Å². The Hall–Kier alpha value is -4.68. The van der Waals surface area contributed by atoms with Crippen LogP contribution in [-0.4, -0.2) is 61.5 Å². The number of ether oxygens (including phenoxy) is 2. The maximum atomic E-state index is 13.2. The molecule has 0 bridgehead atoms. The number of piperidine rings is 1. The molecule has 0 aliphatic carbocycles. The molecule has 42 heavy (non-hydrogen) atoms. The second kappa shape index (κ2) is 11.3. The first-order chi connectivity index (χ1) is 19.9. The predicted molar refractivity (Wildman–Crippen MR) is 148 cm³/mol. The van der Waals surface area contributed by atoms with E-state index in [0.29, 0.717) is 36.4 Å². The molecule has 220 valence electrons. The largest absolute Gasteiger partial charge is 0.471 e. The average Bonchev–Trinajstić information content (AvgIpc) is 3.33. The van der Waals surface area contributed by atoms with Gasteiger partial charge in [-0.25, -0.2) is 19.4 Å². The Morgan fingerprint density at radius 1 is 0.976 bits per heavy atom. The number of benzene rings is 2. The highest BCUT2D eigenvalue weighted by molar-refractivity contribution is 6.05. The molecule has 2 amide bonds. The molecule has 1 N–H and O–H groups in total. The molecule has 13 heteroatoms. The van der Waals surface area contributed by atoms with Crippen molar-refractivity contribution >= 4 is 28.9 Å². The Kier molecular flexibility index (Phi) is 7.76. The van der Waals surface area contributed by atoms with E-state index in [4.69, 9.17) is 14.6 Å². The zero-order chi connectivity index (χ0) is 30.1. The van der Waals surface area contributed by atoms with E-state index in [9.17, 15) is 22.8 Å². The summed E-state index contributed by atoms with van der Waals surface area (Å²) in [6.07, 6.45) is -3.24. The van der Waals surface area contributed by atoms with Crippen LogP contribution in [0.3, 0.4) is 0 Å². The molecule has 4 aromatic rings. The summed E-state index contributed by atoms with van der Waals surface area (Å²) in [6, 6.07) is 15.6. The van der Waals surface area contributed by atoms with Crippen LogP contribution in [0.1, 0.15) is 39.7 Å². The number of hydrogen-bond donors (Lipinski definition) is 1. The molecule has 2 aromatic carbocycles. The zero-order valence-corrected chi connectivity index (χ0v) is 23.2. The van der Waals surface area contributed by atoms with E-state index < -0.39 is 23.8 Å². The third-order valence-electron chi connectivity index (χ3n) is 6.48. The van der Waals surface area contributed by atoms with Gasteiger partial charge in [-0.05, 0) is 70.0 Å². The van der Waals surface area contributed by atoms with Crippen LogP contribution in [-0.2, 0) is 9.53 Å². The van der Waals surface area contributed by atoms with E-state index in [-0.39, 0.29) is 35.1 Å². The summed E-state index contributed by atoms with van der Waals surface area (Å²) < 4.78 is 52.5. The maximum Gasteiger partial charge on any atom is 0.471 e. The number of amides is 2. The SMILES string of the molecule is CC(C)(C)OC(=O)N1CCCC(n2nc(-c3ccc(Oc4ccccc4)cc3)c3c(NC(=O)C(F)(F)F)ncnc32)C1. The van der Waals surface area contributed by atoms with Gasteiger partial charge in [-0.15, -0.1) is 0 Å². The van der Waals surface area contributed by atoms with Crippen LogP contribution in [0.15, 0.2) is 60.9 Å². The lowest BCUT2D eigenvalue weighted by molar-refractivity contribution is -0.167. The van der Waals surface area contributed by atoms with E-state index >= 15 is 0 Å². The van der Waals surface area contributed by atoms with Gasteiger partial charge in [0.15, 0.2) is 5.65 Å². The molecular weight excluding hydrogens is 553 g/mol. The molecule has 3 heterocycles. The molecule has 1 fully saturated rings. The molecule has 5 rings (SSSR count). The van der Waals surface area contributed by atoms with E-state index in [1.54, 1.807) is 66.8 Å². The molecule has 1 aliphatic heterocycles. The van der Waals surface area contributed by atoms with Gasteiger partial charge in [0, 0.05) is 18.7 Å². The molecule has 1 aliphatic rings. The van der Waals surface area contributed by atoms with Crippen molar-refractivity contribution < 1.29 is 32.2 Å². The van der Waals surface area contributed by atoms with Gasteiger partial charge in [0.2, 0.25) is 0 Å². The topological polar surface area (TPSA) is 111 Å². The van der Waals surface area contributed by atoms with Gasteiger partial charge in [-0.3, -0.25) is 4.79 Å². The first-order valence-electron chi connectivity index (χ1n) is 13.3. The van der Waals surface area contributed by atoms with Crippen LogP contribution in [0, 0.1) is 0 Å². The van der Waals surface area contributed by atoms with Crippen LogP contribution in [0.2, 0.25) is 0 Å². The Labute approximate surface area is 239 Å². The minimum absolute atomic E-state index is 0.140. The number of hydrogen-bond acceptors (Lipinski definition) is 7. The van der Waals surface area contributed by atoms with Gasteiger partial charge >= 0.3 is 18.2 Å². The number of anilines is 1. The number of alkyl halides is 3. The van der Waals surface area contributed by atoms with Crippen molar-refractivity contribution in [2.45, 2.75) is 51.4 Å². The van der Waals surface area contributed by atoms with Crippen LogP contribution < -0.4 is 10.1 Å². The van der Waals surface area contributed by atoms with Crippen molar-refractivity contribution in [1.82, 2.24) is 24.6 Å². The zero-order valence-electron chi connectivity index (χ0n) is 23.2. The summed E-state index contributed by atoms with van der Waals surface area (Å²) >= 11 is 0. The van der Waals surface area contributed by atoms with Gasteiger partial charge in [0.05, 0.1) is 11.4 Å². The van der Waals surface area contributed by atoms with Crippen molar-refractivity contribution in [2.24, 2.45) is 0 Å². The lowest BCUT2D eigenvalue weighted by atomic mass is 10.1. The molecule has 0 spiro atoms. The van der Waals surface area contributed by atoms with Gasteiger partial charge in [-0.1, -0.05) is 18.2 Å². The number of nitrogens with one attached hydrogen (secondary N) is 1. The summed E-state index contributed by atoms with van der Waals surface area (Å²) in [7, 11) is 0. The highest BCUT2D eigenvalue weighted by Crippen LogP contribution is 2.36. The Morgan fingerprint density at radius 3 is 2.33 bits per heavy atom. The quantitative estimate of drug-likeness (QED) is 0.292. The van der Waals surface area contributed by atoms with E-state index in [1.165, 1.54) is 0 Å². The number of nitrogens with zero attached hydrogens (tertiary/aromatic N) is 5. The van der Waals surface area contributed by atoms with E-state index in [2.05, 4.69) is 9.97 Å². The van der Waals surface area contributed by atoms with Crippen LogP contribution >= 0.6 is 0 Å². The molecule has 1 unspecified atom stereocenters. The van der Waals surface area contributed by atoms with Gasteiger partial charge in [0.25, 0.3) is 0 Å². The molecule has 1 atom stereocenters. The second-order valence-corrected chi connectivity index (χ2v) is 10.8. The number of carbonyl (C=O) groups excluding carboxylic acids is 2. The fourth-order valence-electron chi connectivity index (χ4n) is 4.66. The van der Waals surface area contributed by atoms with E-state index in [1.807, 2.05) is 23.5 Å². The number of rotatable bonds is 5. The van der Waals surface area contributed by atoms with Crippen LogP contribution in [0.4, 0.5) is 23.8 Å². The number of carbonyl (C=O) groups is 2. The monoisotopic (exact) mass is 582 g/mol. The maximum absolute atomic E-state index is 13.2. The summed E-state index contributed by atoms with van der Waals surface area (Å²) in [5.74, 6) is -1.32. The lowest BCUT2D eigenvalue weighted by Crippen LogP contribution is -2.43. The number of para-hydroxylation sites is 1. The number of halogens is 3. The summed E-state index contributed by atoms with van der Waals surface area (Å²) in [6.45, 7) is 6.09. The Balaban J connectivity index is 1.54. The smallest absolute Gasteiger partial charge is 0.457 e. The molecule has 1 saturated heterocycles. The van der Waals surface area contributed by atoms with Crippen molar-refractivity contribution in [3.63, 3.8) is 0 Å². The highest BCUT2D eigenvalue weighted by Gasteiger charge is 2.40. The first-order valence-corrected chi connectivity index (χ1v) is 13.3. The van der Waals surface area contributed by atoms with Crippen molar-refractivity contribution in [3.05, 3.63) is 60.9 Å². The third kappa shape index (κ3) is 6.45. The minimum atomic E-state index is -5.12. The lowest BCUT2D eigenvalue weighted by Gasteiger charge is -2.34. The highest BCUT2D eigenvalue weighted by atomic mass is 19.4. The van der Waals surface area contributed by atoms with Crippen molar-refractivity contribution in [3.8, 4) is 22.8 Å². The number of aromatic nitrogens is 4. The van der Waals surface area contributed by atoms with Crippen LogP contribution in [0.5, 0.6) is 11.5 Å². The molecule has 0 saturated carbocycles. The van der Waals surface area contributed by atoms with Crippen LogP contribution in [0.25, 0.3) is 22.3 Å². The standard InChI is InChI=1S/C29H29F3N6O4/c1-28(2,3)42-27(40)37-15-7-8-19(16-37)38-25-22(24(33-17-34-25)35-26(39)29(30,31)32)23(36-38)18-11-13-21(14-12-18)41-20-9-5-4-6-10-20/h4-6,9-14,17,19H,7-8,15-16H2,1-3H3,(H,33,34,35,39). The Morgan fingerprint density at radius 2 is 1.67 bits per heavy atom. The van der Waals surface area contributed by atoms with Crippen molar-refractivity contribution in [2.75, 3.05) is 18.4 Å². The average molecular weight is 583 g/mol. The first kappa shape index (κ1) is 28.8. The van der Waals surface area contributed by atoms with Crippen molar-refractivity contribution in [1.29, 1.82) is 0 Å². The molecular formula is C29H29F3N6O4. The normalized spacial score (nSPS) is 15.9. The third-order valence-corrected chi connectivity index (χ3v) is 6.48. The fraction of sp³-hybridized carbons (Fsp3) is 0.345. The second-order valence-electron chi connectivity index (χ2n) is 10.8. The molecule has 10 nitrogen and oxygen atoms in total. The number of fused-ring (bicyclic) bond motifs is 1. The molecule has 0 radical (unpaired) electrons. The summed E-state index contributed by atoms with van der Waals surface area (Å²) in [5.41, 5.74) is 0.350. The van der Waals surface area contributed by atoms with Gasteiger partial charge in [-0.2, -0.15) is 18.3 Å². The fourth-order valence-corrected chi connectivity index (χ4v) is 4.66. The number of likely N-dealkylation sites (tertiary alicyclic amines) is 1. The summed E-state index contributed by atoms with van der Waals surface area (Å²) in [4.78, 5) is 34.5. The minimum Gasteiger partial charge on any atom is -0.457 e. The predicted octanol–water partition coefficient (Wildman–Crippen LogP) is 6.36. The van der Waals surface area contributed by atoms with E-state index in [0.717, 1.165) is 6.33 Å². The Bertz CT molecular complexity index is 1580. The summed E-state index contributed by atoms with van der Waals surface area (Å²) in [5, 5.41) is 6.77. The molecule has 2 aromatic heterocycles. The van der Waals surface area contributed by atoms with Gasteiger partial charge in [0.1, 0.15) is 34.9 Å².